The van der Waals surface area contributed by atoms with Gasteiger partial charge in [0.2, 0.25) is 0 Å². The van der Waals surface area contributed by atoms with Crippen LogP contribution in [0.4, 0.5) is 0 Å². The summed E-state index contributed by atoms with van der Waals surface area (Å²) in [5, 5.41) is 0. The first kappa shape index (κ1) is 142. The molecule has 0 unspecified atom stereocenters. The van der Waals surface area contributed by atoms with E-state index in [1.165, 1.54) is 13.0 Å². The van der Waals surface area contributed by atoms with Gasteiger partial charge in [-0.2, -0.15) is 0 Å². The van der Waals surface area contributed by atoms with Gasteiger partial charge in [-0.1, -0.05) is 0 Å². The maximum Gasteiger partial charge on any atom is 0.313 e. The van der Waals surface area contributed by atoms with E-state index in [0.29, 0.717) is 0 Å². The summed E-state index contributed by atoms with van der Waals surface area (Å²) in [6.45, 7) is 0. The second-order valence-electron chi connectivity index (χ2n) is 0. The smallest absolute Gasteiger partial charge is 0.313 e. The first-order valence-electron chi connectivity index (χ1n) is 0.378. The number of halogens is 1. The highest BCUT2D eigenvalue weighted by Crippen LogP contribution is 1.44. The highest BCUT2D eigenvalue weighted by molar-refractivity contribution is 14.1. The van der Waals surface area contributed by atoms with E-state index < -0.39 is 0 Å². The summed E-state index contributed by atoms with van der Waals surface area (Å²) in [4.78, 5) is 0. The third-order valence-electron chi connectivity index (χ3n) is 0. The average Bonchev–Trinajstić information content (AvgIpc) is 1.00. The van der Waals surface area contributed by atoms with Gasteiger partial charge in [0.25, 0.3) is 0 Å². The van der Waals surface area contributed by atoms with Gasteiger partial charge in [-0.05, 0) is 0 Å². The van der Waals surface area contributed by atoms with Crippen LogP contribution < -0.4 is 0 Å². The summed E-state index contributed by atoms with van der Waals surface area (Å²) in [6, 6.07) is 0. The van der Waals surface area contributed by atoms with Crippen molar-refractivity contribution >= 4 is 33.3 Å². The SMILES string of the molecule is O.O.O.O.O.O.[AlH2][I]. The molecule has 0 amide bonds. The first-order valence-corrected chi connectivity index (χ1v) is 7.61. The Hall–Kier alpha value is 1.02. The summed E-state index contributed by atoms with van der Waals surface area (Å²) < 4.78 is 0. The van der Waals surface area contributed by atoms with Crippen LogP contribution in [-0.2, 0) is 0 Å². The molecule has 60 valence electrons. The van der Waals surface area contributed by atoms with Crippen LogP contribution in [0.25, 0.3) is 0 Å². The Morgan fingerprint density at radius 3 is 0.500 bits per heavy atom. The Balaban J connectivity index is -0.000000000333. The fourth-order valence-electron chi connectivity index (χ4n) is 0. The number of hydrogen-bond acceptors (Lipinski definition) is 0. The third-order valence-corrected chi connectivity index (χ3v) is 0. The van der Waals surface area contributed by atoms with Crippen LogP contribution in [0.15, 0.2) is 0 Å². The van der Waals surface area contributed by atoms with E-state index in [4.69, 9.17) is 0 Å². The van der Waals surface area contributed by atoms with Crippen molar-refractivity contribution in [3.63, 3.8) is 0 Å². The van der Waals surface area contributed by atoms with Crippen molar-refractivity contribution in [1.29, 1.82) is 0 Å². The van der Waals surface area contributed by atoms with Crippen LogP contribution in [0, 0.1) is 0 Å². The summed E-state index contributed by atoms with van der Waals surface area (Å²) >= 11 is 3.56. The van der Waals surface area contributed by atoms with Crippen LogP contribution >= 0.6 is 20.3 Å². The van der Waals surface area contributed by atoms with E-state index in [2.05, 4.69) is 20.3 Å². The molecule has 0 aliphatic rings. The summed E-state index contributed by atoms with van der Waals surface area (Å²) in [6.07, 6.45) is 0. The summed E-state index contributed by atoms with van der Waals surface area (Å²) in [5.74, 6) is 0. The van der Waals surface area contributed by atoms with E-state index in [9.17, 15) is 0 Å². The predicted octanol–water partition coefficient (Wildman–Crippen LogP) is -4.98. The average molecular weight is 264 g/mol. The van der Waals surface area contributed by atoms with Gasteiger partial charge in [0.05, 0.1) is 0 Å². The van der Waals surface area contributed by atoms with Crippen molar-refractivity contribution in [2.75, 3.05) is 0 Å². The molecule has 8 heteroatoms. The molecular weight excluding hydrogens is 250 g/mol. The molecule has 0 aromatic rings. The zero-order chi connectivity index (χ0) is 2.00. The lowest BCUT2D eigenvalue weighted by atomic mass is 16.0. The van der Waals surface area contributed by atoms with E-state index in [1.807, 2.05) is 0 Å². The van der Waals surface area contributed by atoms with Crippen LogP contribution in [0.1, 0.15) is 0 Å². The molecule has 0 bridgehead atoms. The molecule has 0 saturated heterocycles. The molecular formula is H14AlIO6. The molecule has 0 aliphatic heterocycles. The molecule has 0 atom stereocenters. The Kier molecular flexibility index (Phi) is 6720. The van der Waals surface area contributed by atoms with Gasteiger partial charge < -0.3 is 32.9 Å². The van der Waals surface area contributed by atoms with Crippen LogP contribution in [0.5, 0.6) is 0 Å². The Morgan fingerprint density at radius 1 is 0.500 bits per heavy atom. The molecule has 0 aliphatic carbocycles. The van der Waals surface area contributed by atoms with Gasteiger partial charge in [-0.25, -0.2) is 20.3 Å². The van der Waals surface area contributed by atoms with Gasteiger partial charge in [0.1, 0.15) is 0 Å². The van der Waals surface area contributed by atoms with Gasteiger partial charge in [-0.15, -0.1) is 0 Å². The van der Waals surface area contributed by atoms with Gasteiger partial charge in [0.15, 0.2) is 0 Å². The molecule has 6 nitrogen and oxygen atoms in total. The van der Waals surface area contributed by atoms with Crippen molar-refractivity contribution in [2.24, 2.45) is 0 Å². The zero-order valence-corrected chi connectivity index (χ0v) is 8.54. The third kappa shape index (κ3) is 244. The molecule has 0 aromatic heterocycles. The molecule has 0 aromatic carbocycles. The van der Waals surface area contributed by atoms with Crippen molar-refractivity contribution < 1.29 is 32.9 Å². The molecule has 0 fully saturated rings. The summed E-state index contributed by atoms with van der Waals surface area (Å²) in [5.41, 5.74) is 0. The van der Waals surface area contributed by atoms with E-state index in [0.717, 1.165) is 0 Å². The molecule has 0 rings (SSSR count). The number of rotatable bonds is 0. The molecule has 8 heavy (non-hydrogen) atoms. The van der Waals surface area contributed by atoms with E-state index in [1.54, 1.807) is 0 Å². The van der Waals surface area contributed by atoms with Crippen molar-refractivity contribution in [1.82, 2.24) is 0 Å². The van der Waals surface area contributed by atoms with E-state index >= 15 is 0 Å². The van der Waals surface area contributed by atoms with Crippen LogP contribution in [-0.4, -0.2) is 45.9 Å². The molecule has 0 heterocycles. The topological polar surface area (TPSA) is 189 Å². The highest BCUT2D eigenvalue weighted by atomic mass is 127. The van der Waals surface area contributed by atoms with Gasteiger partial charge in [0, 0.05) is 0 Å². The maximum absolute atomic E-state index is 2.29. The quantitative estimate of drug-likeness (QED) is 0.299. The normalized spacial score (nSPS) is 0.625. The minimum Gasteiger partial charge on any atom is -0.412 e. The fraction of sp³-hybridized carbons (Fsp3) is 0. The zero-order valence-electron chi connectivity index (χ0n) is 4.38. The lowest BCUT2D eigenvalue weighted by Gasteiger charge is -0.989. The molecule has 0 saturated carbocycles. The maximum atomic E-state index is 2.29. The molecule has 0 radical (unpaired) electrons. The minimum atomic E-state index is 0. The Bertz CT molecular complexity index is 8.49. The van der Waals surface area contributed by atoms with Crippen molar-refractivity contribution in [2.45, 2.75) is 0 Å². The second kappa shape index (κ2) is 378. The Labute approximate surface area is 66.2 Å². The van der Waals surface area contributed by atoms with Gasteiger partial charge >= 0.3 is 13.0 Å². The van der Waals surface area contributed by atoms with Crippen LogP contribution in [0.3, 0.4) is 0 Å². The van der Waals surface area contributed by atoms with Crippen LogP contribution in [0.2, 0.25) is 0 Å². The second-order valence-corrected chi connectivity index (χ2v) is 0. The highest BCUT2D eigenvalue weighted by Gasteiger charge is 1.08. The fourth-order valence-corrected chi connectivity index (χ4v) is 0. The Morgan fingerprint density at radius 2 is 0.500 bits per heavy atom. The number of hydrogen-bond donors (Lipinski definition) is 0. The summed E-state index contributed by atoms with van der Waals surface area (Å²) in [7, 11) is 0. The van der Waals surface area contributed by atoms with Crippen molar-refractivity contribution in [3.05, 3.63) is 0 Å². The minimum absolute atomic E-state index is 0. The first-order chi connectivity index (χ1) is 1.00. The van der Waals surface area contributed by atoms with Gasteiger partial charge in [-0.3, -0.25) is 0 Å². The monoisotopic (exact) mass is 264 g/mol. The van der Waals surface area contributed by atoms with Crippen molar-refractivity contribution in [3.8, 4) is 0 Å². The molecule has 12 N–H and O–H groups in total. The lowest BCUT2D eigenvalue weighted by molar-refractivity contribution is 0.823. The van der Waals surface area contributed by atoms with E-state index in [-0.39, 0.29) is 32.9 Å². The largest absolute Gasteiger partial charge is 0.412 e. The lowest BCUT2D eigenvalue weighted by Crippen LogP contribution is -0.931. The predicted molar refractivity (Wildman–Crippen MR) is 44.2 cm³/mol. The molecule has 0 spiro atoms. The standard InChI is InChI=1S/Al.HI.6H2O.2H/h;1H;6*1H2;;/q+1;;;;;;;;;/p-1.